The molecule has 10 heteroatoms. The molecule has 0 aliphatic heterocycles. The van der Waals surface area contributed by atoms with Gasteiger partial charge in [0.1, 0.15) is 12.3 Å². The molecular weight excluding hydrogens is 382 g/mol. The van der Waals surface area contributed by atoms with Crippen molar-refractivity contribution in [2.45, 2.75) is 4.90 Å². The number of hydrogen-bond donors (Lipinski definition) is 2. The number of primary sulfonamides is 1. The lowest BCUT2D eigenvalue weighted by atomic mass is 10.2. The van der Waals surface area contributed by atoms with E-state index in [1.165, 1.54) is 24.3 Å². The summed E-state index contributed by atoms with van der Waals surface area (Å²) in [6.07, 6.45) is 1.67. The Morgan fingerprint density at radius 3 is 2.39 bits per heavy atom. The predicted octanol–water partition coefficient (Wildman–Crippen LogP) is 0.995. The minimum absolute atomic E-state index is 0.0555. The van der Waals surface area contributed by atoms with Crippen LogP contribution in [0.3, 0.4) is 0 Å². The van der Waals surface area contributed by atoms with Gasteiger partial charge in [-0.05, 0) is 42.5 Å². The molecule has 3 N–H and O–H groups in total. The molecule has 3 aromatic rings. The molecule has 2 aromatic heterocycles. The van der Waals surface area contributed by atoms with Gasteiger partial charge in [-0.3, -0.25) is 9.78 Å². The highest BCUT2D eigenvalue weighted by molar-refractivity contribution is 7.89. The van der Waals surface area contributed by atoms with Crippen LogP contribution in [0.25, 0.3) is 11.4 Å². The molecule has 0 radical (unpaired) electrons. The number of nitrogens with zero attached hydrogens (tertiary/aromatic N) is 3. The highest BCUT2D eigenvalue weighted by Crippen LogP contribution is 2.14. The van der Waals surface area contributed by atoms with Crippen molar-refractivity contribution in [2.75, 3.05) is 13.2 Å². The summed E-state index contributed by atoms with van der Waals surface area (Å²) in [6.45, 7) is 0.429. The molecule has 3 rings (SSSR count). The van der Waals surface area contributed by atoms with Crippen LogP contribution in [0, 0.1) is 0 Å². The average Bonchev–Trinajstić information content (AvgIpc) is 2.71. The van der Waals surface area contributed by atoms with Crippen LogP contribution in [0.1, 0.15) is 10.4 Å². The summed E-state index contributed by atoms with van der Waals surface area (Å²) >= 11 is 0. The molecule has 28 heavy (non-hydrogen) atoms. The fourth-order valence-electron chi connectivity index (χ4n) is 2.27. The lowest BCUT2D eigenvalue weighted by Gasteiger charge is -2.07. The minimum atomic E-state index is -3.79. The quantitative estimate of drug-likeness (QED) is 0.565. The van der Waals surface area contributed by atoms with Gasteiger partial charge in [-0.2, -0.15) is 0 Å². The Morgan fingerprint density at radius 1 is 1.00 bits per heavy atom. The molecule has 0 aliphatic carbocycles. The van der Waals surface area contributed by atoms with E-state index < -0.39 is 10.0 Å². The first-order valence-electron chi connectivity index (χ1n) is 8.22. The molecule has 0 saturated heterocycles. The summed E-state index contributed by atoms with van der Waals surface area (Å²) in [5, 5.41) is 15.7. The molecule has 0 fully saturated rings. The van der Waals surface area contributed by atoms with Crippen molar-refractivity contribution in [1.82, 2.24) is 20.5 Å². The number of sulfonamides is 1. The van der Waals surface area contributed by atoms with E-state index in [4.69, 9.17) is 9.88 Å². The molecule has 0 spiro atoms. The first-order chi connectivity index (χ1) is 13.4. The van der Waals surface area contributed by atoms with Gasteiger partial charge < -0.3 is 10.1 Å². The van der Waals surface area contributed by atoms with E-state index >= 15 is 0 Å². The Balaban J connectivity index is 1.47. The van der Waals surface area contributed by atoms with Crippen LogP contribution < -0.4 is 15.2 Å². The fraction of sp³-hybridized carbons (Fsp3) is 0.111. The van der Waals surface area contributed by atoms with Crippen molar-refractivity contribution >= 4 is 15.9 Å². The van der Waals surface area contributed by atoms with Gasteiger partial charge in [0, 0.05) is 17.8 Å². The van der Waals surface area contributed by atoms with Gasteiger partial charge in [-0.1, -0.05) is 6.07 Å². The molecule has 144 valence electrons. The summed E-state index contributed by atoms with van der Waals surface area (Å²) in [5.41, 5.74) is 1.65. The Bertz CT molecular complexity index is 1040. The maximum Gasteiger partial charge on any atom is 0.251 e. The monoisotopic (exact) mass is 399 g/mol. The van der Waals surface area contributed by atoms with E-state index in [0.717, 1.165) is 0 Å². The van der Waals surface area contributed by atoms with Gasteiger partial charge in [0.2, 0.25) is 15.9 Å². The van der Waals surface area contributed by atoms with Crippen molar-refractivity contribution in [3.8, 4) is 17.3 Å². The highest BCUT2D eigenvalue weighted by Gasteiger charge is 2.10. The van der Waals surface area contributed by atoms with Gasteiger partial charge in [0.25, 0.3) is 5.91 Å². The second kappa shape index (κ2) is 8.55. The Morgan fingerprint density at radius 2 is 1.79 bits per heavy atom. The van der Waals surface area contributed by atoms with Crippen LogP contribution in [0.5, 0.6) is 5.88 Å². The first-order valence-corrected chi connectivity index (χ1v) is 9.77. The van der Waals surface area contributed by atoms with E-state index in [-0.39, 0.29) is 24.0 Å². The van der Waals surface area contributed by atoms with Gasteiger partial charge >= 0.3 is 0 Å². The number of carbonyl (C=O) groups is 1. The highest BCUT2D eigenvalue weighted by atomic mass is 32.2. The maximum absolute atomic E-state index is 12.0. The van der Waals surface area contributed by atoms with Crippen LogP contribution in [0.2, 0.25) is 0 Å². The van der Waals surface area contributed by atoms with E-state index in [1.54, 1.807) is 18.3 Å². The third-order valence-electron chi connectivity index (χ3n) is 3.65. The zero-order valence-corrected chi connectivity index (χ0v) is 15.5. The molecule has 0 aliphatic rings. The number of aromatic nitrogens is 3. The number of nitrogens with two attached hydrogens (primary N) is 1. The number of carbonyl (C=O) groups excluding carboxylic acids is 1. The lowest BCUT2D eigenvalue weighted by Crippen LogP contribution is -2.28. The number of nitrogens with one attached hydrogen (secondary N) is 1. The second-order valence-electron chi connectivity index (χ2n) is 5.65. The summed E-state index contributed by atoms with van der Waals surface area (Å²) in [4.78, 5) is 16.2. The zero-order valence-electron chi connectivity index (χ0n) is 14.6. The maximum atomic E-state index is 12.0. The Labute approximate surface area is 161 Å². The normalized spacial score (nSPS) is 11.0. The van der Waals surface area contributed by atoms with Crippen LogP contribution in [0.4, 0.5) is 0 Å². The third-order valence-corrected chi connectivity index (χ3v) is 4.58. The topological polar surface area (TPSA) is 137 Å². The molecule has 0 unspecified atom stereocenters. The van der Waals surface area contributed by atoms with E-state index in [2.05, 4.69) is 20.5 Å². The summed E-state index contributed by atoms with van der Waals surface area (Å²) in [5.74, 6) is -0.0346. The SMILES string of the molecule is NS(=O)(=O)c1ccc(C(=O)NCCOc2ccc(-c3ccccn3)nn2)cc1. The number of benzene rings is 1. The number of rotatable bonds is 7. The molecule has 1 amide bonds. The van der Waals surface area contributed by atoms with E-state index in [1.807, 2.05) is 18.2 Å². The van der Waals surface area contributed by atoms with Crippen molar-refractivity contribution < 1.29 is 17.9 Å². The largest absolute Gasteiger partial charge is 0.475 e. The van der Waals surface area contributed by atoms with Gasteiger partial charge in [0.05, 0.1) is 17.1 Å². The predicted molar refractivity (Wildman–Crippen MR) is 101 cm³/mol. The summed E-state index contributed by atoms with van der Waals surface area (Å²) in [7, 11) is -3.79. The molecule has 0 atom stereocenters. The number of pyridine rings is 1. The van der Waals surface area contributed by atoms with Crippen molar-refractivity contribution in [3.05, 3.63) is 66.4 Å². The van der Waals surface area contributed by atoms with Crippen LogP contribution in [0.15, 0.2) is 65.7 Å². The first kappa shape index (κ1) is 19.4. The standard InChI is InChI=1S/C18H17N5O4S/c19-28(25,26)14-6-4-13(5-7-14)18(24)21-11-12-27-17-9-8-16(22-23-17)15-3-1-2-10-20-15/h1-10H,11-12H2,(H,21,24)(H2,19,25,26). The molecular formula is C18H17N5O4S. The zero-order chi connectivity index (χ0) is 20.0. The second-order valence-corrected chi connectivity index (χ2v) is 7.21. The van der Waals surface area contributed by atoms with Crippen LogP contribution in [-0.4, -0.2) is 42.7 Å². The number of ether oxygens (including phenoxy) is 1. The van der Waals surface area contributed by atoms with Crippen LogP contribution >= 0.6 is 0 Å². The molecule has 2 heterocycles. The molecule has 9 nitrogen and oxygen atoms in total. The average molecular weight is 399 g/mol. The molecule has 1 aromatic carbocycles. The molecule has 0 saturated carbocycles. The van der Waals surface area contributed by atoms with Gasteiger partial charge in [0.15, 0.2) is 0 Å². The number of amides is 1. The Kier molecular flexibility index (Phi) is 5.92. The van der Waals surface area contributed by atoms with E-state index in [0.29, 0.717) is 22.8 Å². The lowest BCUT2D eigenvalue weighted by molar-refractivity contribution is 0.0946. The Hall–Kier alpha value is -3.37. The summed E-state index contributed by atoms with van der Waals surface area (Å²) < 4.78 is 27.9. The third kappa shape index (κ3) is 5.09. The van der Waals surface area contributed by atoms with Crippen molar-refractivity contribution in [2.24, 2.45) is 5.14 Å². The number of hydrogen-bond acceptors (Lipinski definition) is 7. The molecule has 0 bridgehead atoms. The summed E-state index contributed by atoms with van der Waals surface area (Å²) in [6, 6.07) is 14.3. The van der Waals surface area contributed by atoms with Crippen molar-refractivity contribution in [1.29, 1.82) is 0 Å². The van der Waals surface area contributed by atoms with E-state index in [9.17, 15) is 13.2 Å². The van der Waals surface area contributed by atoms with Crippen LogP contribution in [-0.2, 0) is 10.0 Å². The minimum Gasteiger partial charge on any atom is -0.475 e. The van der Waals surface area contributed by atoms with Crippen molar-refractivity contribution in [3.63, 3.8) is 0 Å². The smallest absolute Gasteiger partial charge is 0.251 e. The fourth-order valence-corrected chi connectivity index (χ4v) is 2.78. The van der Waals surface area contributed by atoms with Gasteiger partial charge in [-0.25, -0.2) is 13.6 Å². The van der Waals surface area contributed by atoms with Gasteiger partial charge in [-0.15, -0.1) is 10.2 Å².